The maximum atomic E-state index is 12.7. The normalized spacial score (nSPS) is 13.2. The van der Waals surface area contributed by atoms with Crippen molar-refractivity contribution in [1.82, 2.24) is 0 Å². The van der Waals surface area contributed by atoms with Crippen LogP contribution in [0.1, 0.15) is 23.7 Å². The molecule has 0 bridgehead atoms. The van der Waals surface area contributed by atoms with Crippen LogP contribution in [-0.2, 0) is 4.79 Å². The summed E-state index contributed by atoms with van der Waals surface area (Å²) >= 11 is 0. The van der Waals surface area contributed by atoms with E-state index in [1.807, 2.05) is 6.07 Å². The van der Waals surface area contributed by atoms with Gasteiger partial charge in [-0.25, -0.2) is 4.79 Å². The number of hydrogen-bond donors (Lipinski definition) is 2. The third kappa shape index (κ3) is 2.94. The van der Waals surface area contributed by atoms with Crippen molar-refractivity contribution in [2.45, 2.75) is 18.9 Å². The summed E-state index contributed by atoms with van der Waals surface area (Å²) in [6.45, 7) is 1.69. The molecule has 0 fully saturated rings. The van der Waals surface area contributed by atoms with Crippen molar-refractivity contribution in [3.05, 3.63) is 66.2 Å². The molecule has 0 amide bonds. The first kappa shape index (κ1) is 14.8. The van der Waals surface area contributed by atoms with E-state index in [1.54, 1.807) is 61.5 Å². The molecule has 0 saturated heterocycles. The van der Waals surface area contributed by atoms with E-state index in [0.717, 1.165) is 0 Å². The molecule has 4 heteroatoms. The molecule has 0 spiro atoms. The van der Waals surface area contributed by atoms with E-state index in [1.165, 1.54) is 0 Å². The molecule has 4 nitrogen and oxygen atoms in total. The maximum Gasteiger partial charge on any atom is 0.337 e. The second-order valence-electron chi connectivity index (χ2n) is 4.75. The average Bonchev–Trinajstić information content (AvgIpc) is 2.53. The quantitative estimate of drug-likeness (QED) is 0.631. The van der Waals surface area contributed by atoms with Gasteiger partial charge < -0.3 is 10.4 Å². The highest BCUT2D eigenvalue weighted by atomic mass is 16.4. The lowest BCUT2D eigenvalue weighted by Crippen LogP contribution is -2.53. The molecular formula is C17H17NO3. The number of carboxylic acids is 1. The van der Waals surface area contributed by atoms with E-state index in [-0.39, 0.29) is 6.42 Å². The molecule has 2 N–H and O–H groups in total. The smallest absolute Gasteiger partial charge is 0.337 e. The number of carbonyl (C=O) groups excluding carboxylic acids is 1. The monoisotopic (exact) mass is 283 g/mol. The van der Waals surface area contributed by atoms with Crippen LogP contribution in [0, 0.1) is 0 Å². The molecule has 1 atom stereocenters. The molecule has 0 aliphatic carbocycles. The van der Waals surface area contributed by atoms with Crippen LogP contribution in [0.15, 0.2) is 60.7 Å². The Hall–Kier alpha value is -2.62. The summed E-state index contributed by atoms with van der Waals surface area (Å²) < 4.78 is 0. The summed E-state index contributed by atoms with van der Waals surface area (Å²) in [5.41, 5.74) is -0.681. The van der Waals surface area contributed by atoms with Gasteiger partial charge in [0.15, 0.2) is 11.3 Å². The number of aliphatic carboxylic acids is 1. The average molecular weight is 283 g/mol. The molecular weight excluding hydrogens is 266 g/mol. The van der Waals surface area contributed by atoms with Crippen molar-refractivity contribution in [2.24, 2.45) is 0 Å². The molecule has 108 valence electrons. The van der Waals surface area contributed by atoms with Crippen molar-refractivity contribution in [3.8, 4) is 0 Å². The number of carboxylic acid groups (broad SMARTS) is 1. The first-order valence-corrected chi connectivity index (χ1v) is 6.76. The number of rotatable bonds is 6. The van der Waals surface area contributed by atoms with Crippen LogP contribution < -0.4 is 5.32 Å². The third-order valence-electron chi connectivity index (χ3n) is 3.45. The Morgan fingerprint density at radius 1 is 1.00 bits per heavy atom. The van der Waals surface area contributed by atoms with Crippen LogP contribution in [-0.4, -0.2) is 22.4 Å². The highest BCUT2D eigenvalue weighted by Crippen LogP contribution is 2.24. The van der Waals surface area contributed by atoms with Crippen LogP contribution >= 0.6 is 0 Å². The first-order valence-electron chi connectivity index (χ1n) is 6.76. The fourth-order valence-electron chi connectivity index (χ4n) is 2.21. The van der Waals surface area contributed by atoms with Crippen LogP contribution in [0.4, 0.5) is 5.69 Å². The fraction of sp³-hybridized carbons (Fsp3) is 0.176. The molecule has 2 aromatic carbocycles. The van der Waals surface area contributed by atoms with E-state index in [2.05, 4.69) is 5.32 Å². The number of nitrogens with one attached hydrogen (secondary N) is 1. The Morgan fingerprint density at radius 2 is 1.52 bits per heavy atom. The van der Waals surface area contributed by atoms with Crippen LogP contribution in [0.2, 0.25) is 0 Å². The molecule has 2 rings (SSSR count). The van der Waals surface area contributed by atoms with Crippen molar-refractivity contribution < 1.29 is 14.7 Å². The van der Waals surface area contributed by atoms with E-state index in [9.17, 15) is 14.7 Å². The van der Waals surface area contributed by atoms with Gasteiger partial charge >= 0.3 is 5.97 Å². The molecule has 0 heterocycles. The molecule has 0 radical (unpaired) electrons. The second kappa shape index (κ2) is 6.22. The predicted octanol–water partition coefficient (Wildman–Crippen LogP) is 3.21. The first-order chi connectivity index (χ1) is 10.1. The molecule has 0 aromatic heterocycles. The number of Topliss-reactive ketones (excluding diaryl/α,β-unsaturated/α-hetero) is 1. The maximum absolute atomic E-state index is 12.7. The van der Waals surface area contributed by atoms with Crippen LogP contribution in [0.3, 0.4) is 0 Å². The van der Waals surface area contributed by atoms with Gasteiger partial charge in [-0.15, -0.1) is 0 Å². The van der Waals surface area contributed by atoms with Crippen LogP contribution in [0.25, 0.3) is 0 Å². The SMILES string of the molecule is CCC(Nc1ccccc1)(C(=O)O)C(=O)c1ccccc1. The summed E-state index contributed by atoms with van der Waals surface area (Å²) in [5.74, 6) is -1.62. The van der Waals surface area contributed by atoms with Crippen molar-refractivity contribution in [3.63, 3.8) is 0 Å². The van der Waals surface area contributed by atoms with Crippen molar-refractivity contribution in [1.29, 1.82) is 0 Å². The Labute approximate surface area is 123 Å². The summed E-state index contributed by atoms with van der Waals surface area (Å²) in [4.78, 5) is 24.5. The van der Waals surface area contributed by atoms with Gasteiger partial charge in [0.2, 0.25) is 0 Å². The van der Waals surface area contributed by atoms with E-state index < -0.39 is 17.3 Å². The number of anilines is 1. The van der Waals surface area contributed by atoms with Gasteiger partial charge in [0.1, 0.15) is 0 Å². The summed E-state index contributed by atoms with van der Waals surface area (Å²) in [6, 6.07) is 17.4. The zero-order valence-corrected chi connectivity index (χ0v) is 11.7. The minimum absolute atomic E-state index is 0.144. The zero-order chi connectivity index (χ0) is 15.3. The highest BCUT2D eigenvalue weighted by molar-refractivity contribution is 6.18. The third-order valence-corrected chi connectivity index (χ3v) is 3.45. The molecule has 0 aliphatic rings. The fourth-order valence-corrected chi connectivity index (χ4v) is 2.21. The topological polar surface area (TPSA) is 66.4 Å². The number of hydrogen-bond acceptors (Lipinski definition) is 3. The lowest BCUT2D eigenvalue weighted by molar-refractivity contribution is -0.140. The predicted molar refractivity (Wildman–Crippen MR) is 81.5 cm³/mol. The minimum atomic E-state index is -1.66. The van der Waals surface area contributed by atoms with Gasteiger partial charge in [-0.1, -0.05) is 55.5 Å². The Bertz CT molecular complexity index is 625. The van der Waals surface area contributed by atoms with Gasteiger partial charge in [-0.3, -0.25) is 4.79 Å². The van der Waals surface area contributed by atoms with Crippen molar-refractivity contribution >= 4 is 17.4 Å². The summed E-state index contributed by atoms with van der Waals surface area (Å²) in [7, 11) is 0. The molecule has 2 aromatic rings. The van der Waals surface area contributed by atoms with Gasteiger partial charge in [-0.2, -0.15) is 0 Å². The molecule has 0 saturated carbocycles. The second-order valence-corrected chi connectivity index (χ2v) is 4.75. The highest BCUT2D eigenvalue weighted by Gasteiger charge is 2.44. The van der Waals surface area contributed by atoms with Crippen LogP contribution in [0.5, 0.6) is 0 Å². The van der Waals surface area contributed by atoms with E-state index >= 15 is 0 Å². The Morgan fingerprint density at radius 3 is 2.00 bits per heavy atom. The number of para-hydroxylation sites is 1. The van der Waals surface area contributed by atoms with Gasteiger partial charge in [-0.05, 0) is 18.6 Å². The van der Waals surface area contributed by atoms with Gasteiger partial charge in [0.25, 0.3) is 0 Å². The standard InChI is InChI=1S/C17H17NO3/c1-2-17(16(20)21,18-14-11-7-4-8-12-14)15(19)13-9-5-3-6-10-13/h3-12,18H,2H2,1H3,(H,20,21). The molecule has 1 unspecified atom stereocenters. The Kier molecular flexibility index (Phi) is 4.38. The lowest BCUT2D eigenvalue weighted by atomic mass is 9.86. The largest absolute Gasteiger partial charge is 0.479 e. The minimum Gasteiger partial charge on any atom is -0.479 e. The van der Waals surface area contributed by atoms with Gasteiger partial charge in [0, 0.05) is 11.3 Å². The Balaban J connectivity index is 2.42. The lowest BCUT2D eigenvalue weighted by Gasteiger charge is -2.29. The van der Waals surface area contributed by atoms with Gasteiger partial charge in [0.05, 0.1) is 0 Å². The van der Waals surface area contributed by atoms with Crippen molar-refractivity contribution in [2.75, 3.05) is 5.32 Å². The summed E-state index contributed by atoms with van der Waals surface area (Å²) in [5, 5.41) is 12.5. The summed E-state index contributed by atoms with van der Waals surface area (Å²) in [6.07, 6.45) is 0.144. The van der Waals surface area contributed by atoms with E-state index in [4.69, 9.17) is 0 Å². The van der Waals surface area contributed by atoms with E-state index in [0.29, 0.717) is 11.3 Å². The zero-order valence-electron chi connectivity index (χ0n) is 11.7. The number of carbonyl (C=O) groups is 2. The molecule has 0 aliphatic heterocycles. The number of ketones is 1. The number of benzene rings is 2. The molecule has 21 heavy (non-hydrogen) atoms.